The summed E-state index contributed by atoms with van der Waals surface area (Å²) in [5.41, 5.74) is -6.05. The Morgan fingerprint density at radius 2 is 1.58 bits per heavy atom. The first-order chi connectivity index (χ1) is 14.3. The van der Waals surface area contributed by atoms with Crippen molar-refractivity contribution >= 4 is 31.5 Å². The summed E-state index contributed by atoms with van der Waals surface area (Å²) in [6.45, 7) is -0.521. The molecule has 0 radical (unpaired) electrons. The summed E-state index contributed by atoms with van der Waals surface area (Å²) in [4.78, 5) is 20.6. The van der Waals surface area contributed by atoms with Crippen LogP contribution in [0, 0.1) is 10.1 Å². The molecule has 0 aliphatic heterocycles. The molecule has 2 aromatic carbocycles. The quantitative estimate of drug-likeness (QED) is 0.330. The number of nitro benzene ring substituents is 1. The van der Waals surface area contributed by atoms with Crippen LogP contribution in [0.4, 0.5) is 18.9 Å². The second-order valence-electron chi connectivity index (χ2n) is 5.88. The first-order valence-corrected chi connectivity index (χ1v) is 11.2. The van der Waals surface area contributed by atoms with E-state index in [1.807, 2.05) is 0 Å². The first kappa shape index (κ1) is 24.2. The van der Waals surface area contributed by atoms with Gasteiger partial charge in [-0.15, -0.1) is 0 Å². The minimum absolute atomic E-state index is 0.150. The van der Waals surface area contributed by atoms with Gasteiger partial charge in [0.05, 0.1) is 14.7 Å². The van der Waals surface area contributed by atoms with Crippen molar-refractivity contribution in [3.63, 3.8) is 0 Å². The lowest BCUT2D eigenvalue weighted by Gasteiger charge is -2.10. The van der Waals surface area contributed by atoms with Crippen LogP contribution >= 0.6 is 0 Å². The molecule has 0 bridgehead atoms. The minimum atomic E-state index is -5.54. The number of alkyl halides is 3. The number of benzene rings is 2. The highest BCUT2D eigenvalue weighted by Gasteiger charge is 2.46. The van der Waals surface area contributed by atoms with Crippen LogP contribution in [0.15, 0.2) is 58.3 Å². The first-order valence-electron chi connectivity index (χ1n) is 8.19. The Morgan fingerprint density at radius 3 is 2.13 bits per heavy atom. The van der Waals surface area contributed by atoms with Crippen LogP contribution in [-0.4, -0.2) is 46.3 Å². The molecule has 10 nitrogen and oxygen atoms in total. The van der Waals surface area contributed by atoms with Crippen molar-refractivity contribution in [3.05, 3.63) is 64.2 Å². The average molecular weight is 481 g/mol. The second kappa shape index (κ2) is 8.99. The number of carbonyl (C=O) groups is 1. The van der Waals surface area contributed by atoms with Crippen LogP contribution in [0.25, 0.3) is 0 Å². The van der Waals surface area contributed by atoms with Crippen molar-refractivity contribution < 1.29 is 39.7 Å². The highest BCUT2D eigenvalue weighted by molar-refractivity contribution is 7.92. The summed E-state index contributed by atoms with van der Waals surface area (Å²) in [6.07, 6.45) is 0. The predicted octanol–water partition coefficient (Wildman–Crippen LogP) is 1.60. The standard InChI is InChI=1S/C16H14F3N3O7S2/c17-16(18,19)30(26,27)13-6-4-11(5-7-13)15(23)20-8-9-21-31(28,29)14-3-1-2-12(10-14)22(24)25/h1-7,10,21H,8-9H2,(H,20,23). The molecule has 31 heavy (non-hydrogen) atoms. The number of nitrogens with zero attached hydrogens (tertiary/aromatic N) is 1. The molecule has 0 atom stereocenters. The van der Waals surface area contributed by atoms with Crippen molar-refractivity contribution in [2.75, 3.05) is 13.1 Å². The number of nitrogens with one attached hydrogen (secondary N) is 2. The zero-order valence-corrected chi connectivity index (χ0v) is 16.9. The van der Waals surface area contributed by atoms with Crippen molar-refractivity contribution in [3.8, 4) is 0 Å². The van der Waals surface area contributed by atoms with Crippen LogP contribution in [0.5, 0.6) is 0 Å². The molecule has 0 fully saturated rings. The number of nitro groups is 1. The maximum atomic E-state index is 12.5. The summed E-state index contributed by atoms with van der Waals surface area (Å²) >= 11 is 0. The van der Waals surface area contributed by atoms with Crippen LogP contribution in [0.2, 0.25) is 0 Å². The van der Waals surface area contributed by atoms with E-state index in [1.165, 1.54) is 6.07 Å². The molecule has 2 N–H and O–H groups in total. The van der Waals surface area contributed by atoms with Crippen molar-refractivity contribution in [2.45, 2.75) is 15.3 Å². The van der Waals surface area contributed by atoms with Gasteiger partial charge in [-0.3, -0.25) is 14.9 Å². The van der Waals surface area contributed by atoms with Crippen molar-refractivity contribution in [1.82, 2.24) is 10.0 Å². The average Bonchev–Trinajstić information content (AvgIpc) is 2.70. The van der Waals surface area contributed by atoms with Crippen LogP contribution in [0.3, 0.4) is 0 Å². The Bertz CT molecular complexity index is 1200. The molecule has 0 aliphatic rings. The number of carbonyl (C=O) groups excluding carboxylic acids is 1. The molecule has 0 heterocycles. The maximum absolute atomic E-state index is 12.5. The van der Waals surface area contributed by atoms with Crippen molar-refractivity contribution in [1.29, 1.82) is 0 Å². The number of hydrogen-bond donors (Lipinski definition) is 2. The van der Waals surface area contributed by atoms with E-state index in [-0.39, 0.29) is 23.5 Å². The molecule has 0 unspecified atom stereocenters. The minimum Gasteiger partial charge on any atom is -0.351 e. The zero-order valence-electron chi connectivity index (χ0n) is 15.3. The molecule has 168 valence electrons. The highest BCUT2D eigenvalue weighted by atomic mass is 32.2. The molecule has 2 aromatic rings. The molecule has 0 spiro atoms. The molecule has 2 rings (SSSR count). The highest BCUT2D eigenvalue weighted by Crippen LogP contribution is 2.30. The summed E-state index contributed by atoms with van der Waals surface area (Å²) in [7, 11) is -9.64. The molecule has 0 saturated carbocycles. The van der Waals surface area contributed by atoms with Crippen LogP contribution in [-0.2, 0) is 19.9 Å². The Balaban J connectivity index is 1.95. The number of hydrogen-bond acceptors (Lipinski definition) is 7. The van der Waals surface area contributed by atoms with Gasteiger partial charge in [0.15, 0.2) is 0 Å². The maximum Gasteiger partial charge on any atom is 0.501 e. The van der Waals surface area contributed by atoms with Gasteiger partial charge in [0.2, 0.25) is 10.0 Å². The monoisotopic (exact) mass is 481 g/mol. The van der Waals surface area contributed by atoms with E-state index in [2.05, 4.69) is 10.0 Å². The number of non-ortho nitro benzene ring substituents is 1. The van der Waals surface area contributed by atoms with Gasteiger partial charge in [-0.05, 0) is 30.3 Å². The smallest absolute Gasteiger partial charge is 0.351 e. The van der Waals surface area contributed by atoms with E-state index in [0.29, 0.717) is 12.1 Å². The van der Waals surface area contributed by atoms with Gasteiger partial charge in [-0.1, -0.05) is 6.07 Å². The number of sulfonamides is 1. The summed E-state index contributed by atoms with van der Waals surface area (Å²) < 4.78 is 86.5. The van der Waals surface area contributed by atoms with E-state index in [0.717, 1.165) is 30.3 Å². The SMILES string of the molecule is O=C(NCCNS(=O)(=O)c1cccc([N+](=O)[O-])c1)c1ccc(S(=O)(=O)C(F)(F)F)cc1. The van der Waals surface area contributed by atoms with Gasteiger partial charge in [0.25, 0.3) is 21.4 Å². The molecule has 0 saturated heterocycles. The molecule has 0 aliphatic carbocycles. The topological polar surface area (TPSA) is 153 Å². The molecule has 0 aromatic heterocycles. The van der Waals surface area contributed by atoms with Gasteiger partial charge in [0, 0.05) is 30.8 Å². The predicted molar refractivity (Wildman–Crippen MR) is 100 cm³/mol. The molecular formula is C16H14F3N3O7S2. The molecular weight excluding hydrogens is 467 g/mol. The normalized spacial score (nSPS) is 12.4. The fourth-order valence-electron chi connectivity index (χ4n) is 2.23. The Labute approximate surface area is 174 Å². The summed E-state index contributed by atoms with van der Waals surface area (Å²) in [6, 6.07) is 7.32. The lowest BCUT2D eigenvalue weighted by atomic mass is 10.2. The van der Waals surface area contributed by atoms with Gasteiger partial charge >= 0.3 is 5.51 Å². The second-order valence-corrected chi connectivity index (χ2v) is 9.59. The van der Waals surface area contributed by atoms with E-state index >= 15 is 0 Å². The summed E-state index contributed by atoms with van der Waals surface area (Å²) in [5.74, 6) is -0.787. The fourth-order valence-corrected chi connectivity index (χ4v) is 4.06. The van der Waals surface area contributed by atoms with Gasteiger partial charge in [-0.25, -0.2) is 21.6 Å². The Kier molecular flexibility index (Phi) is 7.03. The lowest BCUT2D eigenvalue weighted by molar-refractivity contribution is -0.385. The van der Waals surface area contributed by atoms with Crippen LogP contribution < -0.4 is 10.0 Å². The Morgan fingerprint density at radius 1 is 0.968 bits per heavy atom. The Hall–Kier alpha value is -3.04. The lowest BCUT2D eigenvalue weighted by Crippen LogP contribution is -2.34. The number of rotatable bonds is 8. The number of sulfone groups is 1. The van der Waals surface area contributed by atoms with Gasteiger partial charge < -0.3 is 5.32 Å². The molecule has 15 heteroatoms. The van der Waals surface area contributed by atoms with E-state index in [4.69, 9.17) is 0 Å². The van der Waals surface area contributed by atoms with E-state index in [1.54, 1.807) is 0 Å². The zero-order chi connectivity index (χ0) is 23.4. The van der Waals surface area contributed by atoms with Crippen molar-refractivity contribution in [2.24, 2.45) is 0 Å². The number of halogens is 3. The van der Waals surface area contributed by atoms with Gasteiger partial charge in [-0.2, -0.15) is 13.2 Å². The van der Waals surface area contributed by atoms with E-state index in [9.17, 15) is 44.9 Å². The largest absolute Gasteiger partial charge is 0.501 e. The fraction of sp³-hybridized carbons (Fsp3) is 0.188. The van der Waals surface area contributed by atoms with E-state index < -0.39 is 46.8 Å². The molecule has 1 amide bonds. The number of amides is 1. The third-order valence-electron chi connectivity index (χ3n) is 3.77. The van der Waals surface area contributed by atoms with Crippen LogP contribution in [0.1, 0.15) is 10.4 Å². The summed E-state index contributed by atoms with van der Waals surface area (Å²) in [5, 5.41) is 13.0. The third-order valence-corrected chi connectivity index (χ3v) is 6.73. The third kappa shape index (κ3) is 5.77. The van der Waals surface area contributed by atoms with Gasteiger partial charge in [0.1, 0.15) is 0 Å².